The summed E-state index contributed by atoms with van der Waals surface area (Å²) in [4.78, 5) is 5.23. The Morgan fingerprint density at radius 2 is 0.688 bits per heavy atom. The number of benzene rings is 16. The first-order chi connectivity index (χ1) is 55.5. The van der Waals surface area contributed by atoms with Crippen LogP contribution < -0.4 is 9.80 Å². The lowest BCUT2D eigenvalue weighted by atomic mass is 9.59. The van der Waals surface area contributed by atoms with Crippen LogP contribution in [0, 0.1) is 47.3 Å². The summed E-state index contributed by atoms with van der Waals surface area (Å²) >= 11 is 0. The van der Waals surface area contributed by atoms with Crippen LogP contribution in [0.1, 0.15) is 73.6 Å². The van der Waals surface area contributed by atoms with Crippen LogP contribution in [0.2, 0.25) is 0 Å². The zero-order valence-electron chi connectivity index (χ0n) is 62.4. The van der Waals surface area contributed by atoms with E-state index in [0.29, 0.717) is 23.7 Å². The van der Waals surface area contributed by atoms with Crippen LogP contribution in [-0.2, 0) is 10.8 Å². The zero-order chi connectivity index (χ0) is 72.8. The third kappa shape index (κ3) is 8.36. The largest absolute Gasteiger partial charge is 0.310 e. The van der Waals surface area contributed by atoms with Gasteiger partial charge >= 0.3 is 0 Å². The smallest absolute Gasteiger partial charge is 0.0546 e. The third-order valence-corrected chi connectivity index (χ3v) is 29.8. The van der Waals surface area contributed by atoms with E-state index < -0.39 is 0 Å². The molecular formula is C108H80N4. The van der Waals surface area contributed by atoms with E-state index in [9.17, 15) is 0 Å². The standard InChI is InChI=1S/C108H80N4/c1-3-20-67(21-4-1)82-25-9-14-32-100(82)110(78-41-47-87-88-49-43-80(112-104-35-17-12-30-92(104)93-31-13-18-36-105(93)112)64-99(88)108(97(87)62-78)75-53-66-51-73(59-75)95(108)55-66)101-37-19-22-70-56-68(39-45-83(70)101)69-38-44-81-71(57-69)60-106(89-27-8-7-26-84(81)89)109(76-23-5-2-6-24-76)77-40-46-85-86-48-42-79(111-102-33-15-10-28-90(102)91-29-11-16-34-103(91)111)63-98(86)107(96(85)61-77)74-52-65-50-72(58-74)94(107)54-65/h1-49,56-57,60-66,72-75,94-95H,50-55,58-59H2. The van der Waals surface area contributed by atoms with E-state index in [4.69, 9.17) is 0 Å². The van der Waals surface area contributed by atoms with Gasteiger partial charge in [-0.25, -0.2) is 0 Å². The van der Waals surface area contributed by atoms with E-state index in [1.54, 1.807) is 22.3 Å². The van der Waals surface area contributed by atoms with Crippen LogP contribution in [-0.4, -0.2) is 9.13 Å². The highest BCUT2D eigenvalue weighted by atomic mass is 15.2. The van der Waals surface area contributed by atoms with Crippen molar-refractivity contribution >= 4 is 110 Å². The van der Waals surface area contributed by atoms with E-state index in [-0.39, 0.29) is 10.8 Å². The number of para-hydroxylation sites is 6. The molecule has 0 N–H and O–H groups in total. The summed E-state index contributed by atoms with van der Waals surface area (Å²) in [5.41, 5.74) is 31.3. The van der Waals surface area contributed by atoms with Crippen molar-refractivity contribution in [3.63, 3.8) is 0 Å². The second kappa shape index (κ2) is 23.1. The molecule has 10 unspecified atom stereocenters. The molecule has 10 aliphatic carbocycles. The molecule has 18 aromatic rings. The molecule has 8 bridgehead atoms. The van der Waals surface area contributed by atoms with Gasteiger partial charge in [0.1, 0.15) is 0 Å². The fraction of sp³-hybridized carbons (Fsp3) is 0.167. The molecule has 8 saturated carbocycles. The third-order valence-electron chi connectivity index (χ3n) is 29.8. The van der Waals surface area contributed by atoms with Crippen LogP contribution in [0.5, 0.6) is 0 Å². The fourth-order valence-corrected chi connectivity index (χ4v) is 26.0. The molecule has 4 heteroatoms. The van der Waals surface area contributed by atoms with Crippen molar-refractivity contribution in [1.82, 2.24) is 9.13 Å². The van der Waals surface area contributed by atoms with Crippen molar-refractivity contribution in [3.8, 4) is 55.9 Å². The summed E-state index contributed by atoms with van der Waals surface area (Å²) in [6.45, 7) is 0. The highest BCUT2D eigenvalue weighted by molar-refractivity contribution is 6.16. The Labute approximate surface area is 652 Å². The monoisotopic (exact) mass is 1430 g/mol. The van der Waals surface area contributed by atoms with Gasteiger partial charge in [0.05, 0.1) is 39.1 Å². The Morgan fingerprint density at radius 1 is 0.241 bits per heavy atom. The van der Waals surface area contributed by atoms with Crippen LogP contribution in [0.15, 0.2) is 340 Å². The molecule has 28 rings (SSSR count). The second-order valence-electron chi connectivity index (χ2n) is 34.6. The van der Waals surface area contributed by atoms with Gasteiger partial charge in [0, 0.05) is 77.1 Å². The molecule has 2 aromatic heterocycles. The van der Waals surface area contributed by atoms with Crippen LogP contribution in [0.3, 0.4) is 0 Å². The van der Waals surface area contributed by atoms with Crippen LogP contribution in [0.25, 0.3) is 132 Å². The van der Waals surface area contributed by atoms with Gasteiger partial charge < -0.3 is 18.9 Å². The lowest BCUT2D eigenvalue weighted by molar-refractivity contribution is 0.191. The number of aromatic nitrogens is 2. The summed E-state index contributed by atoms with van der Waals surface area (Å²) in [5.74, 6) is 5.59. The van der Waals surface area contributed by atoms with E-state index >= 15 is 0 Å². The summed E-state index contributed by atoms with van der Waals surface area (Å²) in [5, 5.41) is 12.6. The molecular weight excluding hydrogens is 1350 g/mol. The van der Waals surface area contributed by atoms with Crippen LogP contribution >= 0.6 is 0 Å². The first kappa shape index (κ1) is 62.3. The molecule has 10 aliphatic rings. The summed E-state index contributed by atoms with van der Waals surface area (Å²) < 4.78 is 5.10. The van der Waals surface area contributed by atoms with Gasteiger partial charge in [0.25, 0.3) is 0 Å². The predicted molar refractivity (Wildman–Crippen MR) is 465 cm³/mol. The SMILES string of the molecule is c1ccc(-c2ccccc2N(c2ccc3c(c2)C2(c4cc(-n5c6ccccc6c6ccccc65)ccc4-3)C3CC4CC(C3)C2C4)c2cccc3cc(-c4ccc5c(c4)cc(N(c4ccccc4)c4ccc6c(c4)C4(c7cc(-n8c9ccccc9c9ccccc98)ccc7-6)C6CC7CC(C6)C4C7)c4ccccc45)ccc23)cc1. The maximum Gasteiger partial charge on any atom is 0.0546 e. The molecule has 112 heavy (non-hydrogen) atoms. The highest BCUT2D eigenvalue weighted by Gasteiger charge is 2.68. The number of rotatable bonds is 10. The lowest BCUT2D eigenvalue weighted by Gasteiger charge is -2.44. The Balaban J connectivity index is 0.609. The minimum Gasteiger partial charge on any atom is -0.310 e. The molecule has 2 spiro atoms. The molecule has 0 amide bonds. The molecule has 532 valence electrons. The van der Waals surface area contributed by atoms with Gasteiger partial charge in [-0.05, 0) is 297 Å². The van der Waals surface area contributed by atoms with Gasteiger partial charge in [-0.3, -0.25) is 0 Å². The average molecular weight is 1430 g/mol. The van der Waals surface area contributed by atoms with E-state index in [0.717, 1.165) is 29.4 Å². The van der Waals surface area contributed by atoms with Crippen molar-refractivity contribution in [2.45, 2.75) is 62.2 Å². The Bertz CT molecular complexity index is 6960. The van der Waals surface area contributed by atoms with Crippen molar-refractivity contribution < 1.29 is 0 Å². The molecule has 4 nitrogen and oxygen atoms in total. The van der Waals surface area contributed by atoms with Crippen molar-refractivity contribution in [1.29, 1.82) is 0 Å². The predicted octanol–water partition coefficient (Wildman–Crippen LogP) is 28.3. The Kier molecular flexibility index (Phi) is 12.8. The minimum absolute atomic E-state index is 0.0590. The van der Waals surface area contributed by atoms with Crippen molar-refractivity contribution in [2.75, 3.05) is 9.80 Å². The van der Waals surface area contributed by atoms with E-state index in [1.807, 2.05) is 0 Å². The van der Waals surface area contributed by atoms with Gasteiger partial charge in [-0.1, -0.05) is 224 Å². The number of fused-ring (bicyclic) bond motifs is 16. The number of anilines is 6. The first-order valence-electron chi connectivity index (χ1n) is 41.3. The van der Waals surface area contributed by atoms with Gasteiger partial charge in [0.15, 0.2) is 0 Å². The average Bonchev–Trinajstić information content (AvgIpc) is 1.50. The summed E-state index contributed by atoms with van der Waals surface area (Å²) in [6, 6.07) is 131. The maximum atomic E-state index is 2.69. The molecule has 16 aromatic carbocycles. The van der Waals surface area contributed by atoms with Crippen molar-refractivity contribution in [3.05, 3.63) is 362 Å². The van der Waals surface area contributed by atoms with Gasteiger partial charge in [0.2, 0.25) is 0 Å². The molecule has 0 aliphatic heterocycles. The topological polar surface area (TPSA) is 16.3 Å². The quantitative estimate of drug-likeness (QED) is 0.127. The number of hydrogen-bond donors (Lipinski definition) is 0. The molecule has 10 atom stereocenters. The second-order valence-corrected chi connectivity index (χ2v) is 34.6. The molecule has 0 saturated heterocycles. The molecule has 2 heterocycles. The van der Waals surface area contributed by atoms with Gasteiger partial charge in [-0.15, -0.1) is 0 Å². The first-order valence-corrected chi connectivity index (χ1v) is 41.3. The fourth-order valence-electron chi connectivity index (χ4n) is 26.0. The Morgan fingerprint density at radius 3 is 1.24 bits per heavy atom. The highest BCUT2D eigenvalue weighted by Crippen LogP contribution is 2.75. The number of nitrogens with zero attached hydrogens (tertiary/aromatic N) is 4. The minimum atomic E-state index is -0.0762. The Hall–Kier alpha value is -12.5. The summed E-state index contributed by atoms with van der Waals surface area (Å²) in [7, 11) is 0. The van der Waals surface area contributed by atoms with E-state index in [2.05, 4.69) is 359 Å². The van der Waals surface area contributed by atoms with Gasteiger partial charge in [-0.2, -0.15) is 0 Å². The van der Waals surface area contributed by atoms with Crippen molar-refractivity contribution in [2.24, 2.45) is 47.3 Å². The lowest BCUT2D eigenvalue weighted by Crippen LogP contribution is -2.40. The number of hydrogen-bond acceptors (Lipinski definition) is 2. The van der Waals surface area contributed by atoms with E-state index in [1.165, 1.54) is 212 Å². The zero-order valence-corrected chi connectivity index (χ0v) is 62.4. The molecule has 8 fully saturated rings. The maximum absolute atomic E-state index is 2.69. The summed E-state index contributed by atoms with van der Waals surface area (Å²) in [6.07, 6.45) is 10.7. The normalized spacial score (nSPS) is 23.0. The van der Waals surface area contributed by atoms with Crippen LogP contribution in [0.4, 0.5) is 34.1 Å². The molecule has 0 radical (unpaired) electrons.